The van der Waals surface area contributed by atoms with E-state index in [1.54, 1.807) is 0 Å². The summed E-state index contributed by atoms with van der Waals surface area (Å²) in [6.45, 7) is 0. The van der Waals surface area contributed by atoms with E-state index in [0.717, 1.165) is 0 Å². The molecule has 8 heavy (non-hydrogen) atoms. The fourth-order valence-electron chi connectivity index (χ4n) is 0.106. The van der Waals surface area contributed by atoms with Crippen molar-refractivity contribution in [1.82, 2.24) is 0 Å². The third-order valence-electron chi connectivity index (χ3n) is 0.259. The van der Waals surface area contributed by atoms with Gasteiger partial charge >= 0.3 is 7.82 Å². The lowest BCUT2D eigenvalue weighted by atomic mass is 11.1. The van der Waals surface area contributed by atoms with E-state index in [1.807, 2.05) is 0 Å². The number of phosphoric acid groups is 1. The summed E-state index contributed by atoms with van der Waals surface area (Å²) in [4.78, 5) is 15.8. The standard InChI is InChI=1S/C2H5O5P/c3-1-2-7-8(4,5)6/h1-3H,(H2,4,5,6)/b2-1+. The van der Waals surface area contributed by atoms with E-state index in [0.29, 0.717) is 12.5 Å². The quantitative estimate of drug-likeness (QED) is 0.374. The Hall–Kier alpha value is -0.510. The molecule has 5 nitrogen and oxygen atoms in total. The Morgan fingerprint density at radius 3 is 2.12 bits per heavy atom. The van der Waals surface area contributed by atoms with Gasteiger partial charge in [0.2, 0.25) is 0 Å². The maximum absolute atomic E-state index is 9.70. The molecule has 0 fully saturated rings. The van der Waals surface area contributed by atoms with Crippen LogP contribution in [-0.2, 0) is 9.09 Å². The highest BCUT2D eigenvalue weighted by Crippen LogP contribution is 2.35. The predicted molar refractivity (Wildman–Crippen MR) is 24.9 cm³/mol. The van der Waals surface area contributed by atoms with E-state index in [1.165, 1.54) is 0 Å². The van der Waals surface area contributed by atoms with Gasteiger partial charge in [-0.15, -0.1) is 0 Å². The van der Waals surface area contributed by atoms with E-state index in [-0.39, 0.29) is 0 Å². The molecule has 0 rings (SSSR count). The third-order valence-corrected chi connectivity index (χ3v) is 0.655. The normalized spacial score (nSPS) is 12.2. The van der Waals surface area contributed by atoms with Gasteiger partial charge in [0.05, 0.1) is 0 Å². The minimum absolute atomic E-state index is 0.388. The van der Waals surface area contributed by atoms with Crippen molar-refractivity contribution >= 4 is 7.82 Å². The highest BCUT2D eigenvalue weighted by atomic mass is 31.2. The third kappa shape index (κ3) is 5.49. The summed E-state index contributed by atoms with van der Waals surface area (Å²) in [5.74, 6) is 0. The van der Waals surface area contributed by atoms with Crippen LogP contribution in [-0.4, -0.2) is 14.9 Å². The zero-order chi connectivity index (χ0) is 6.62. The van der Waals surface area contributed by atoms with Crippen molar-refractivity contribution in [2.45, 2.75) is 0 Å². The first-order chi connectivity index (χ1) is 3.56. The number of aliphatic hydroxyl groups excluding tert-OH is 1. The van der Waals surface area contributed by atoms with Gasteiger partial charge in [0.15, 0.2) is 0 Å². The molecule has 48 valence electrons. The highest BCUT2D eigenvalue weighted by Gasteiger charge is 2.10. The Morgan fingerprint density at radius 1 is 1.50 bits per heavy atom. The van der Waals surface area contributed by atoms with Gasteiger partial charge in [-0.2, -0.15) is 0 Å². The second-order valence-corrected chi connectivity index (χ2v) is 2.07. The predicted octanol–water partition coefficient (Wildman–Crippen LogP) is 0.125. The first kappa shape index (κ1) is 7.49. The van der Waals surface area contributed by atoms with Crippen LogP contribution in [0.15, 0.2) is 12.5 Å². The Kier molecular flexibility index (Phi) is 2.54. The lowest BCUT2D eigenvalue weighted by Crippen LogP contribution is -1.76. The van der Waals surface area contributed by atoms with Gasteiger partial charge in [0.1, 0.15) is 12.5 Å². The number of aliphatic hydroxyl groups is 1. The van der Waals surface area contributed by atoms with Crippen molar-refractivity contribution in [2.75, 3.05) is 0 Å². The maximum Gasteiger partial charge on any atom is 0.524 e. The summed E-state index contributed by atoms with van der Waals surface area (Å²) in [6, 6.07) is 0. The molecule has 0 aromatic heterocycles. The second-order valence-electron chi connectivity index (χ2n) is 0.881. The van der Waals surface area contributed by atoms with Gasteiger partial charge in [0.25, 0.3) is 0 Å². The van der Waals surface area contributed by atoms with Crippen LogP contribution in [0.4, 0.5) is 0 Å². The van der Waals surface area contributed by atoms with Gasteiger partial charge in [-0.25, -0.2) is 4.57 Å². The summed E-state index contributed by atoms with van der Waals surface area (Å²) in [5, 5.41) is 7.78. The Labute approximate surface area is 45.5 Å². The van der Waals surface area contributed by atoms with Crippen LogP contribution >= 0.6 is 7.82 Å². The summed E-state index contributed by atoms with van der Waals surface area (Å²) < 4.78 is 13.3. The average molecular weight is 140 g/mol. The van der Waals surface area contributed by atoms with E-state index in [2.05, 4.69) is 4.52 Å². The molecule has 0 heterocycles. The van der Waals surface area contributed by atoms with E-state index < -0.39 is 7.82 Å². The lowest BCUT2D eigenvalue weighted by Gasteiger charge is -1.97. The van der Waals surface area contributed by atoms with Crippen LogP contribution in [0.5, 0.6) is 0 Å². The van der Waals surface area contributed by atoms with E-state index in [4.69, 9.17) is 14.9 Å². The molecule has 6 heteroatoms. The van der Waals surface area contributed by atoms with Crippen LogP contribution in [0.1, 0.15) is 0 Å². The van der Waals surface area contributed by atoms with Crippen molar-refractivity contribution in [3.05, 3.63) is 12.5 Å². The van der Waals surface area contributed by atoms with Crippen LogP contribution in [0.2, 0.25) is 0 Å². The fourth-order valence-corrected chi connectivity index (χ4v) is 0.319. The molecule has 0 atom stereocenters. The van der Waals surface area contributed by atoms with Gasteiger partial charge < -0.3 is 9.63 Å². The number of hydrogen-bond donors (Lipinski definition) is 3. The molecule has 0 amide bonds. The molecule has 0 radical (unpaired) electrons. The molecule has 0 unspecified atom stereocenters. The van der Waals surface area contributed by atoms with Crippen molar-refractivity contribution in [3.63, 3.8) is 0 Å². The minimum Gasteiger partial charge on any atom is -0.512 e. The van der Waals surface area contributed by atoms with Crippen LogP contribution < -0.4 is 0 Å². The lowest BCUT2D eigenvalue weighted by molar-refractivity contribution is 0.253. The number of rotatable bonds is 2. The second kappa shape index (κ2) is 2.71. The molecular weight excluding hydrogens is 135 g/mol. The molecule has 0 aliphatic carbocycles. The summed E-state index contributed by atoms with van der Waals surface area (Å²) in [7, 11) is -4.43. The van der Waals surface area contributed by atoms with Crippen LogP contribution in [0.25, 0.3) is 0 Å². The molecule has 0 saturated carbocycles. The van der Waals surface area contributed by atoms with Crippen LogP contribution in [0.3, 0.4) is 0 Å². The molecule has 0 aliphatic heterocycles. The topological polar surface area (TPSA) is 87.0 Å². The molecular formula is C2H5O5P. The monoisotopic (exact) mass is 140 g/mol. The summed E-state index contributed by atoms with van der Waals surface area (Å²) >= 11 is 0. The first-order valence-corrected chi connectivity index (χ1v) is 3.12. The Bertz CT molecular complexity index is 122. The largest absolute Gasteiger partial charge is 0.524 e. The van der Waals surface area contributed by atoms with Crippen molar-refractivity contribution in [1.29, 1.82) is 0 Å². The van der Waals surface area contributed by atoms with Crippen molar-refractivity contribution < 1.29 is 24.0 Å². The average Bonchev–Trinajstić information content (AvgIpc) is 1.59. The molecule has 0 bridgehead atoms. The molecule has 0 spiro atoms. The summed E-state index contributed by atoms with van der Waals surface area (Å²) in [6.07, 6.45) is 0.889. The minimum atomic E-state index is -4.43. The van der Waals surface area contributed by atoms with E-state index >= 15 is 0 Å². The van der Waals surface area contributed by atoms with Gasteiger partial charge in [-0.05, 0) is 0 Å². The number of phosphoric ester groups is 1. The van der Waals surface area contributed by atoms with Crippen molar-refractivity contribution in [3.8, 4) is 0 Å². The number of hydrogen-bond acceptors (Lipinski definition) is 3. The van der Waals surface area contributed by atoms with Gasteiger partial charge in [0, 0.05) is 0 Å². The van der Waals surface area contributed by atoms with Crippen LogP contribution in [0, 0.1) is 0 Å². The molecule has 0 aliphatic rings. The van der Waals surface area contributed by atoms with Gasteiger partial charge in [-0.3, -0.25) is 9.79 Å². The van der Waals surface area contributed by atoms with Gasteiger partial charge in [-0.1, -0.05) is 0 Å². The zero-order valence-electron chi connectivity index (χ0n) is 3.76. The van der Waals surface area contributed by atoms with Crippen molar-refractivity contribution in [2.24, 2.45) is 0 Å². The maximum atomic E-state index is 9.70. The summed E-state index contributed by atoms with van der Waals surface area (Å²) in [5.41, 5.74) is 0. The fraction of sp³-hybridized carbons (Fsp3) is 0. The first-order valence-electron chi connectivity index (χ1n) is 1.59. The zero-order valence-corrected chi connectivity index (χ0v) is 4.65. The smallest absolute Gasteiger partial charge is 0.512 e. The van der Waals surface area contributed by atoms with E-state index in [9.17, 15) is 4.57 Å². The SMILES string of the molecule is O=P(O)(O)O/C=C/O. The highest BCUT2D eigenvalue weighted by molar-refractivity contribution is 7.46. The Balaban J connectivity index is 3.57. The molecule has 0 aromatic carbocycles. The Morgan fingerprint density at radius 2 is 2.00 bits per heavy atom. The molecule has 0 saturated heterocycles. The molecule has 0 aromatic rings. The molecule has 3 N–H and O–H groups in total.